The van der Waals surface area contributed by atoms with Crippen LogP contribution in [0.4, 0.5) is 8.78 Å². The fraction of sp³-hybridized carbons (Fsp3) is 0.281. The Morgan fingerprint density at radius 1 is 1.04 bits per heavy atom. The summed E-state index contributed by atoms with van der Waals surface area (Å²) in [7, 11) is 1.57. The Morgan fingerprint density at radius 3 is 2.72 bits per heavy atom. The SMILES string of the molecule is CO[C@@H]1[C@@H](n2cc(-c3ccc(Br)c(F)c3F)nn2)[C@H]2OC(c3ccccc3)OC[C@H]2O[C@H]1c1nc(C)nn1-c1ccc2ncsc2c1. The van der Waals surface area contributed by atoms with Crippen molar-refractivity contribution < 1.29 is 27.7 Å². The molecule has 47 heavy (non-hydrogen) atoms. The number of benzene rings is 3. The highest BCUT2D eigenvalue weighted by atomic mass is 79.9. The number of fused-ring (bicyclic) bond motifs is 2. The number of methoxy groups -OCH3 is 1. The van der Waals surface area contributed by atoms with E-state index in [9.17, 15) is 4.39 Å². The third-order valence-corrected chi connectivity index (χ3v) is 9.78. The highest BCUT2D eigenvalue weighted by Crippen LogP contribution is 2.45. The molecule has 2 aliphatic rings. The monoisotopic (exact) mass is 721 g/mol. The van der Waals surface area contributed by atoms with Crippen molar-refractivity contribution in [1.82, 2.24) is 34.7 Å². The molecule has 6 atom stereocenters. The summed E-state index contributed by atoms with van der Waals surface area (Å²) in [4.78, 5) is 9.19. The molecule has 0 aliphatic carbocycles. The molecule has 0 amide bonds. The van der Waals surface area contributed by atoms with Crippen LogP contribution in [0.15, 0.2) is 76.8 Å². The molecular formula is C32H26BrF2N7O4S. The molecule has 5 heterocycles. The molecule has 3 aromatic heterocycles. The van der Waals surface area contributed by atoms with Gasteiger partial charge in [0, 0.05) is 18.2 Å². The van der Waals surface area contributed by atoms with Crippen LogP contribution in [0.2, 0.25) is 0 Å². The average Bonchev–Trinajstić information content (AvgIpc) is 3.86. The van der Waals surface area contributed by atoms with E-state index < -0.39 is 48.4 Å². The van der Waals surface area contributed by atoms with Crippen LogP contribution in [0.3, 0.4) is 0 Å². The van der Waals surface area contributed by atoms with Crippen molar-refractivity contribution >= 4 is 37.5 Å². The standard InChI is InChI=1S/C32H26BrF2N7O4S/c1-16-37-31(42(39-16)18-8-11-21-24(12-18)47-15-36-21)30-29(43-2)27(28-23(45-30)14-44-32(46-28)17-6-4-3-5-7-17)41-13-22(38-40-41)19-9-10-20(33)26(35)25(19)34/h3-13,15,23,27-30,32H,14H2,1-2H3/t23-,27+,28+,29-,30-,32?/m1/s1. The summed E-state index contributed by atoms with van der Waals surface area (Å²) < 4.78 is 59.5. The van der Waals surface area contributed by atoms with Crippen LogP contribution < -0.4 is 0 Å². The molecule has 0 radical (unpaired) electrons. The number of ether oxygens (including phenoxy) is 4. The van der Waals surface area contributed by atoms with Crippen LogP contribution in [-0.2, 0) is 18.9 Å². The largest absolute Gasteiger partial charge is 0.376 e. The molecule has 0 bridgehead atoms. The molecule has 0 spiro atoms. The van der Waals surface area contributed by atoms with Crippen molar-refractivity contribution in [2.24, 2.45) is 0 Å². The lowest BCUT2D eigenvalue weighted by atomic mass is 9.91. The first-order valence-electron chi connectivity index (χ1n) is 14.7. The summed E-state index contributed by atoms with van der Waals surface area (Å²) in [6.45, 7) is 2.00. The van der Waals surface area contributed by atoms with E-state index in [2.05, 4.69) is 31.2 Å². The summed E-state index contributed by atoms with van der Waals surface area (Å²) in [6.07, 6.45) is -1.84. The topological polar surface area (TPSA) is 111 Å². The quantitative estimate of drug-likeness (QED) is 0.183. The first kappa shape index (κ1) is 30.4. The molecule has 0 N–H and O–H groups in total. The zero-order valence-electron chi connectivity index (χ0n) is 24.9. The Bertz CT molecular complexity index is 2080. The van der Waals surface area contributed by atoms with Gasteiger partial charge in [0.2, 0.25) is 0 Å². The van der Waals surface area contributed by atoms with E-state index >= 15 is 4.39 Å². The molecule has 240 valence electrons. The van der Waals surface area contributed by atoms with Gasteiger partial charge in [-0.2, -0.15) is 5.10 Å². The Kier molecular flexibility index (Phi) is 7.90. The molecule has 3 aromatic carbocycles. The van der Waals surface area contributed by atoms with Crippen LogP contribution in [0.25, 0.3) is 27.2 Å². The van der Waals surface area contributed by atoms with E-state index in [1.807, 2.05) is 55.5 Å². The van der Waals surface area contributed by atoms with Gasteiger partial charge in [0.05, 0.1) is 38.7 Å². The van der Waals surface area contributed by atoms with Crippen LogP contribution in [0.1, 0.15) is 35.6 Å². The van der Waals surface area contributed by atoms with Gasteiger partial charge in [0.25, 0.3) is 0 Å². The maximum absolute atomic E-state index is 15.0. The maximum Gasteiger partial charge on any atom is 0.184 e. The van der Waals surface area contributed by atoms with Gasteiger partial charge >= 0.3 is 0 Å². The Hall–Kier alpha value is -3.99. The van der Waals surface area contributed by atoms with E-state index in [0.717, 1.165) is 21.5 Å². The summed E-state index contributed by atoms with van der Waals surface area (Å²) in [5.74, 6) is -1.00. The second-order valence-corrected chi connectivity index (χ2v) is 12.9. The predicted molar refractivity (Wildman–Crippen MR) is 170 cm³/mol. The third-order valence-electron chi connectivity index (χ3n) is 8.37. The molecule has 1 unspecified atom stereocenters. The molecule has 2 aliphatic heterocycles. The number of aryl methyl sites for hydroxylation is 1. The minimum absolute atomic E-state index is 0.0113. The van der Waals surface area contributed by atoms with Gasteiger partial charge in [0.1, 0.15) is 42.0 Å². The molecule has 2 saturated heterocycles. The van der Waals surface area contributed by atoms with E-state index in [1.165, 1.54) is 23.5 Å². The number of hydrogen-bond donors (Lipinski definition) is 0. The molecule has 6 aromatic rings. The fourth-order valence-corrected chi connectivity index (χ4v) is 7.22. The number of aromatic nitrogens is 7. The Morgan fingerprint density at radius 2 is 1.89 bits per heavy atom. The highest BCUT2D eigenvalue weighted by molar-refractivity contribution is 9.10. The molecule has 11 nitrogen and oxygen atoms in total. The number of halogens is 3. The van der Waals surface area contributed by atoms with Crippen molar-refractivity contribution in [3.8, 4) is 16.9 Å². The summed E-state index contributed by atoms with van der Waals surface area (Å²) in [6, 6.07) is 17.7. The van der Waals surface area contributed by atoms with Crippen molar-refractivity contribution in [3.63, 3.8) is 0 Å². The van der Waals surface area contributed by atoms with Crippen LogP contribution >= 0.6 is 27.3 Å². The second-order valence-electron chi connectivity index (χ2n) is 11.2. The summed E-state index contributed by atoms with van der Waals surface area (Å²) in [5.41, 5.74) is 4.41. The van der Waals surface area contributed by atoms with Gasteiger partial charge in [0.15, 0.2) is 23.7 Å². The average molecular weight is 723 g/mol. The minimum atomic E-state index is -1.04. The summed E-state index contributed by atoms with van der Waals surface area (Å²) in [5, 5.41) is 13.4. The predicted octanol–water partition coefficient (Wildman–Crippen LogP) is 6.30. The zero-order valence-corrected chi connectivity index (χ0v) is 27.3. The van der Waals surface area contributed by atoms with Gasteiger partial charge in [-0.1, -0.05) is 35.5 Å². The lowest BCUT2D eigenvalue weighted by molar-refractivity contribution is -0.321. The number of hydrogen-bond acceptors (Lipinski definition) is 10. The van der Waals surface area contributed by atoms with E-state index in [1.54, 1.807) is 28.2 Å². The second kappa shape index (κ2) is 12.2. The Balaban J connectivity index is 1.22. The molecular weight excluding hydrogens is 696 g/mol. The van der Waals surface area contributed by atoms with Crippen LogP contribution in [0.5, 0.6) is 0 Å². The number of rotatable bonds is 6. The van der Waals surface area contributed by atoms with Gasteiger partial charge in [-0.3, -0.25) is 0 Å². The van der Waals surface area contributed by atoms with Crippen molar-refractivity contribution in [3.05, 3.63) is 106 Å². The first-order valence-corrected chi connectivity index (χ1v) is 16.4. The van der Waals surface area contributed by atoms with Gasteiger partial charge in [-0.25, -0.2) is 28.1 Å². The lowest BCUT2D eigenvalue weighted by Crippen LogP contribution is -2.57. The molecule has 2 fully saturated rings. The van der Waals surface area contributed by atoms with Crippen molar-refractivity contribution in [2.45, 2.75) is 43.7 Å². The van der Waals surface area contributed by atoms with Crippen molar-refractivity contribution in [1.29, 1.82) is 0 Å². The van der Waals surface area contributed by atoms with E-state index in [0.29, 0.717) is 11.6 Å². The normalized spacial score (nSPS) is 24.4. The molecule has 8 rings (SSSR count). The maximum atomic E-state index is 15.0. The molecule has 15 heteroatoms. The molecule has 0 saturated carbocycles. The minimum Gasteiger partial charge on any atom is -0.376 e. The van der Waals surface area contributed by atoms with E-state index in [4.69, 9.17) is 29.0 Å². The zero-order chi connectivity index (χ0) is 32.2. The van der Waals surface area contributed by atoms with E-state index in [-0.39, 0.29) is 22.3 Å². The first-order chi connectivity index (χ1) is 22.9. The van der Waals surface area contributed by atoms with Gasteiger partial charge in [-0.15, -0.1) is 16.4 Å². The Labute approximate surface area is 279 Å². The highest BCUT2D eigenvalue weighted by Gasteiger charge is 2.53. The fourth-order valence-electron chi connectivity index (χ4n) is 6.20. The van der Waals surface area contributed by atoms with Gasteiger partial charge < -0.3 is 18.9 Å². The van der Waals surface area contributed by atoms with Crippen LogP contribution in [0, 0.1) is 18.6 Å². The lowest BCUT2D eigenvalue weighted by Gasteiger charge is -2.48. The van der Waals surface area contributed by atoms with Crippen LogP contribution in [-0.4, -0.2) is 66.8 Å². The number of thiazole rings is 1. The third kappa shape index (κ3) is 5.36. The summed E-state index contributed by atoms with van der Waals surface area (Å²) >= 11 is 4.56. The van der Waals surface area contributed by atoms with Crippen molar-refractivity contribution in [2.75, 3.05) is 13.7 Å². The smallest absolute Gasteiger partial charge is 0.184 e. The number of nitrogens with zero attached hydrogens (tertiary/aromatic N) is 7. The van der Waals surface area contributed by atoms with Gasteiger partial charge in [-0.05, 0) is 53.2 Å².